The predicted molar refractivity (Wildman–Crippen MR) is 71.6 cm³/mol. The van der Waals surface area contributed by atoms with Crippen LogP contribution in [0.15, 0.2) is 30.6 Å². The van der Waals surface area contributed by atoms with Gasteiger partial charge in [0.15, 0.2) is 17.3 Å². The van der Waals surface area contributed by atoms with Crippen LogP contribution < -0.4 is 4.74 Å². The van der Waals surface area contributed by atoms with Crippen molar-refractivity contribution in [1.29, 1.82) is 0 Å². The summed E-state index contributed by atoms with van der Waals surface area (Å²) in [5.41, 5.74) is 0.776. The summed E-state index contributed by atoms with van der Waals surface area (Å²) in [6.45, 7) is 2.90. The molecule has 1 aromatic heterocycles. The van der Waals surface area contributed by atoms with Crippen molar-refractivity contribution in [2.45, 2.75) is 25.2 Å². The van der Waals surface area contributed by atoms with Gasteiger partial charge in [-0.3, -0.25) is 4.68 Å². The van der Waals surface area contributed by atoms with Crippen LogP contribution in [-0.4, -0.2) is 9.78 Å². The average Bonchev–Trinajstić information content (AvgIpc) is 2.80. The lowest BCUT2D eigenvalue weighted by Crippen LogP contribution is -1.96. The minimum absolute atomic E-state index is 0.255. The number of nitrogens with zero attached hydrogens (tertiary/aromatic N) is 2. The summed E-state index contributed by atoms with van der Waals surface area (Å²) in [7, 11) is 0. The second-order valence-corrected chi connectivity index (χ2v) is 4.46. The lowest BCUT2D eigenvalue weighted by atomic mass is 10.2. The number of para-hydroxylation sites is 1. The molecule has 2 aromatic rings. The summed E-state index contributed by atoms with van der Waals surface area (Å²) in [6.07, 6.45) is 4.36. The third-order valence-corrected chi connectivity index (χ3v) is 3.08. The summed E-state index contributed by atoms with van der Waals surface area (Å²) in [4.78, 5) is 0. The predicted octanol–water partition coefficient (Wildman–Crippen LogP) is 4.12. The molecule has 96 valence electrons. The molecule has 0 spiro atoms. The standard InChI is InChI=1S/C13H14BrFN2O/c1-2-6-17-9-11(8-16-17)18-13-10(7-14)4-3-5-12(13)15/h3-5,8-9H,2,6-7H2,1H3. The number of halogens is 2. The molecular weight excluding hydrogens is 299 g/mol. The fourth-order valence-electron chi connectivity index (χ4n) is 1.64. The van der Waals surface area contributed by atoms with Crippen molar-refractivity contribution < 1.29 is 9.13 Å². The number of hydrogen-bond donors (Lipinski definition) is 0. The highest BCUT2D eigenvalue weighted by Gasteiger charge is 2.11. The number of hydrogen-bond acceptors (Lipinski definition) is 2. The summed E-state index contributed by atoms with van der Waals surface area (Å²) < 4.78 is 21.1. The van der Waals surface area contributed by atoms with Crippen molar-refractivity contribution >= 4 is 15.9 Å². The van der Waals surface area contributed by atoms with Gasteiger partial charge in [-0.05, 0) is 12.5 Å². The van der Waals surface area contributed by atoms with E-state index in [-0.39, 0.29) is 11.6 Å². The van der Waals surface area contributed by atoms with Gasteiger partial charge in [0, 0.05) is 17.4 Å². The molecule has 0 aliphatic heterocycles. The molecule has 0 fully saturated rings. The van der Waals surface area contributed by atoms with Crippen LogP contribution in [0.25, 0.3) is 0 Å². The molecule has 3 nitrogen and oxygen atoms in total. The number of ether oxygens (including phenoxy) is 1. The minimum Gasteiger partial charge on any atom is -0.451 e. The molecule has 0 saturated carbocycles. The molecule has 0 atom stereocenters. The molecule has 0 aliphatic carbocycles. The fraction of sp³-hybridized carbons (Fsp3) is 0.308. The number of benzene rings is 1. The van der Waals surface area contributed by atoms with Crippen LogP contribution in [-0.2, 0) is 11.9 Å². The average molecular weight is 313 g/mol. The molecule has 0 saturated heterocycles. The molecule has 0 N–H and O–H groups in total. The van der Waals surface area contributed by atoms with E-state index in [1.54, 1.807) is 23.1 Å². The zero-order valence-electron chi connectivity index (χ0n) is 10.1. The normalized spacial score (nSPS) is 10.6. The van der Waals surface area contributed by atoms with E-state index in [4.69, 9.17) is 4.74 Å². The summed E-state index contributed by atoms with van der Waals surface area (Å²) in [5, 5.41) is 4.69. The number of aryl methyl sites for hydroxylation is 1. The van der Waals surface area contributed by atoms with Gasteiger partial charge < -0.3 is 4.74 Å². The van der Waals surface area contributed by atoms with Gasteiger partial charge in [0.05, 0.1) is 12.4 Å². The van der Waals surface area contributed by atoms with Crippen molar-refractivity contribution in [2.75, 3.05) is 0 Å². The monoisotopic (exact) mass is 312 g/mol. The van der Waals surface area contributed by atoms with Crippen molar-refractivity contribution in [3.05, 3.63) is 42.0 Å². The van der Waals surface area contributed by atoms with Crippen LogP contribution in [0.5, 0.6) is 11.5 Å². The Kier molecular flexibility index (Phi) is 4.36. The number of alkyl halides is 1. The van der Waals surface area contributed by atoms with E-state index in [9.17, 15) is 4.39 Å². The number of aromatic nitrogens is 2. The molecule has 0 radical (unpaired) electrons. The maximum Gasteiger partial charge on any atom is 0.167 e. The lowest BCUT2D eigenvalue weighted by Gasteiger charge is -2.08. The first kappa shape index (κ1) is 13.1. The Hall–Kier alpha value is -1.36. The quantitative estimate of drug-likeness (QED) is 0.777. The van der Waals surface area contributed by atoms with E-state index < -0.39 is 0 Å². The SMILES string of the molecule is CCCn1cc(Oc2c(F)cccc2CBr)cn1. The van der Waals surface area contributed by atoms with Crippen LogP contribution in [0.1, 0.15) is 18.9 Å². The van der Waals surface area contributed by atoms with Gasteiger partial charge in [-0.1, -0.05) is 35.0 Å². The van der Waals surface area contributed by atoms with E-state index in [0.717, 1.165) is 18.5 Å². The van der Waals surface area contributed by atoms with Crippen molar-refractivity contribution in [3.8, 4) is 11.5 Å². The highest BCUT2D eigenvalue weighted by molar-refractivity contribution is 9.08. The Labute approximate surface area is 114 Å². The van der Waals surface area contributed by atoms with Gasteiger partial charge in [-0.15, -0.1) is 0 Å². The van der Waals surface area contributed by atoms with E-state index >= 15 is 0 Å². The van der Waals surface area contributed by atoms with Gasteiger partial charge in [0.2, 0.25) is 0 Å². The Balaban J connectivity index is 2.22. The summed E-state index contributed by atoms with van der Waals surface area (Å²) in [6, 6.07) is 4.88. The van der Waals surface area contributed by atoms with E-state index in [1.807, 2.05) is 6.07 Å². The fourth-order valence-corrected chi connectivity index (χ4v) is 2.08. The van der Waals surface area contributed by atoms with Gasteiger partial charge in [0.25, 0.3) is 0 Å². The molecule has 0 amide bonds. The van der Waals surface area contributed by atoms with Crippen LogP contribution in [0, 0.1) is 5.82 Å². The Morgan fingerprint density at radius 1 is 1.44 bits per heavy atom. The Morgan fingerprint density at radius 3 is 3.00 bits per heavy atom. The molecule has 0 aliphatic rings. The highest BCUT2D eigenvalue weighted by atomic mass is 79.9. The molecule has 18 heavy (non-hydrogen) atoms. The first-order valence-corrected chi connectivity index (χ1v) is 6.90. The third-order valence-electron chi connectivity index (χ3n) is 2.47. The van der Waals surface area contributed by atoms with Crippen LogP contribution in [0.3, 0.4) is 0 Å². The Morgan fingerprint density at radius 2 is 2.28 bits per heavy atom. The zero-order chi connectivity index (χ0) is 13.0. The summed E-state index contributed by atoms with van der Waals surface area (Å²) >= 11 is 3.32. The smallest absolute Gasteiger partial charge is 0.167 e. The molecule has 1 heterocycles. The van der Waals surface area contributed by atoms with Crippen molar-refractivity contribution in [3.63, 3.8) is 0 Å². The van der Waals surface area contributed by atoms with Crippen LogP contribution >= 0.6 is 15.9 Å². The maximum absolute atomic E-state index is 13.7. The minimum atomic E-state index is -0.366. The van der Waals surface area contributed by atoms with Gasteiger partial charge in [-0.25, -0.2) is 4.39 Å². The molecule has 0 unspecified atom stereocenters. The second-order valence-electron chi connectivity index (χ2n) is 3.90. The largest absolute Gasteiger partial charge is 0.451 e. The van der Waals surface area contributed by atoms with E-state index in [1.165, 1.54) is 6.07 Å². The van der Waals surface area contributed by atoms with Crippen LogP contribution in [0.2, 0.25) is 0 Å². The molecule has 0 bridgehead atoms. The van der Waals surface area contributed by atoms with E-state index in [0.29, 0.717) is 11.1 Å². The van der Waals surface area contributed by atoms with Gasteiger partial charge >= 0.3 is 0 Å². The van der Waals surface area contributed by atoms with Crippen LogP contribution in [0.4, 0.5) is 4.39 Å². The molecule has 5 heteroatoms. The molecule has 2 rings (SSSR count). The zero-order valence-corrected chi connectivity index (χ0v) is 11.7. The first-order chi connectivity index (χ1) is 8.74. The van der Waals surface area contributed by atoms with E-state index in [2.05, 4.69) is 28.0 Å². The second kappa shape index (κ2) is 6.00. The lowest BCUT2D eigenvalue weighted by molar-refractivity contribution is 0.437. The molecule has 1 aromatic carbocycles. The van der Waals surface area contributed by atoms with Gasteiger partial charge in [0.1, 0.15) is 0 Å². The highest BCUT2D eigenvalue weighted by Crippen LogP contribution is 2.29. The number of rotatable bonds is 5. The van der Waals surface area contributed by atoms with Crippen molar-refractivity contribution in [1.82, 2.24) is 9.78 Å². The van der Waals surface area contributed by atoms with Gasteiger partial charge in [-0.2, -0.15) is 5.10 Å². The third kappa shape index (κ3) is 2.90. The molecular formula is C13H14BrFN2O. The summed E-state index contributed by atoms with van der Waals surface area (Å²) in [5.74, 6) is 0.441. The van der Waals surface area contributed by atoms with Crippen molar-refractivity contribution in [2.24, 2.45) is 0 Å². The topological polar surface area (TPSA) is 27.1 Å². The first-order valence-electron chi connectivity index (χ1n) is 5.78. The maximum atomic E-state index is 13.7. The Bertz CT molecular complexity index is 527.